The summed E-state index contributed by atoms with van der Waals surface area (Å²) in [5.74, 6) is 0.141. The van der Waals surface area contributed by atoms with Crippen LogP contribution in [0.4, 0.5) is 0 Å². The van der Waals surface area contributed by atoms with Crippen molar-refractivity contribution >= 4 is 5.97 Å². The second-order valence-electron chi connectivity index (χ2n) is 12.0. The molecule has 0 bridgehead atoms. The molecule has 1 rings (SSSR count). The van der Waals surface area contributed by atoms with Crippen LogP contribution in [0.15, 0.2) is 0 Å². The Morgan fingerprint density at radius 2 is 1.17 bits per heavy atom. The van der Waals surface area contributed by atoms with Crippen LogP contribution in [0.5, 0.6) is 0 Å². The molecule has 2 unspecified atom stereocenters. The van der Waals surface area contributed by atoms with Crippen molar-refractivity contribution in [2.45, 2.75) is 132 Å². The third kappa shape index (κ3) is 9.71. The van der Waals surface area contributed by atoms with Gasteiger partial charge < -0.3 is 9.84 Å². The Balaban J connectivity index is 2.35. The Labute approximate surface area is 187 Å². The molecule has 0 aromatic heterocycles. The fourth-order valence-corrected chi connectivity index (χ4v) is 5.07. The van der Waals surface area contributed by atoms with E-state index in [0.717, 1.165) is 25.7 Å². The number of carbonyl (C=O) groups excluding carboxylic acids is 1. The van der Waals surface area contributed by atoms with E-state index in [1.54, 1.807) is 0 Å². The zero-order valence-corrected chi connectivity index (χ0v) is 21.3. The van der Waals surface area contributed by atoms with Crippen molar-refractivity contribution in [3.05, 3.63) is 0 Å². The second-order valence-corrected chi connectivity index (χ2v) is 12.0. The molecule has 0 saturated heterocycles. The predicted molar refractivity (Wildman–Crippen MR) is 127 cm³/mol. The highest BCUT2D eigenvalue weighted by molar-refractivity contribution is 5.72. The average molecular weight is 425 g/mol. The number of esters is 1. The van der Waals surface area contributed by atoms with Crippen molar-refractivity contribution in [1.29, 1.82) is 0 Å². The summed E-state index contributed by atoms with van der Waals surface area (Å²) >= 11 is 0. The number of unbranched alkanes of at least 4 members (excludes halogenated alkanes) is 9. The fraction of sp³-hybridized carbons (Fsp3) is 0.963. The van der Waals surface area contributed by atoms with Gasteiger partial charge in [0.05, 0.1) is 18.6 Å². The van der Waals surface area contributed by atoms with Gasteiger partial charge in [0.25, 0.3) is 0 Å². The first kappa shape index (κ1) is 27.5. The molecule has 0 aromatic rings. The molecule has 178 valence electrons. The molecule has 0 amide bonds. The van der Waals surface area contributed by atoms with Gasteiger partial charge in [0.1, 0.15) is 0 Å². The van der Waals surface area contributed by atoms with Crippen molar-refractivity contribution in [3.63, 3.8) is 0 Å². The highest BCUT2D eigenvalue weighted by Crippen LogP contribution is 2.48. The summed E-state index contributed by atoms with van der Waals surface area (Å²) in [6, 6.07) is 0. The Bertz CT molecular complexity index is 447. The summed E-state index contributed by atoms with van der Waals surface area (Å²) in [4.78, 5) is 12.8. The van der Waals surface area contributed by atoms with Crippen LogP contribution in [0.25, 0.3) is 0 Å². The van der Waals surface area contributed by atoms with E-state index in [1.807, 2.05) is 0 Å². The molecule has 0 spiro atoms. The number of rotatable bonds is 12. The maximum atomic E-state index is 12.8. The summed E-state index contributed by atoms with van der Waals surface area (Å²) < 4.78 is 5.69. The monoisotopic (exact) mass is 424 g/mol. The van der Waals surface area contributed by atoms with Crippen LogP contribution in [0, 0.1) is 28.6 Å². The number of hydrogen-bond donors (Lipinski definition) is 1. The predicted octanol–water partition coefficient (Wildman–Crippen LogP) is 7.55. The summed E-state index contributed by atoms with van der Waals surface area (Å²) in [6.45, 7) is 15.9. The molecule has 0 radical (unpaired) electrons. The van der Waals surface area contributed by atoms with Crippen LogP contribution in [0.3, 0.4) is 0 Å². The van der Waals surface area contributed by atoms with E-state index in [0.29, 0.717) is 6.61 Å². The van der Waals surface area contributed by atoms with Crippen molar-refractivity contribution < 1.29 is 14.6 Å². The van der Waals surface area contributed by atoms with Gasteiger partial charge in [-0.05, 0) is 41.9 Å². The third-order valence-corrected chi connectivity index (χ3v) is 7.20. The molecule has 1 fully saturated rings. The van der Waals surface area contributed by atoms with E-state index in [9.17, 15) is 9.90 Å². The van der Waals surface area contributed by atoms with Gasteiger partial charge >= 0.3 is 5.97 Å². The Morgan fingerprint density at radius 1 is 0.767 bits per heavy atom. The molecule has 0 aromatic carbocycles. The highest BCUT2D eigenvalue weighted by Gasteiger charge is 2.48. The lowest BCUT2D eigenvalue weighted by Gasteiger charge is -2.48. The van der Waals surface area contributed by atoms with Gasteiger partial charge in [-0.2, -0.15) is 0 Å². The van der Waals surface area contributed by atoms with Gasteiger partial charge in [-0.3, -0.25) is 4.79 Å². The van der Waals surface area contributed by atoms with E-state index in [1.165, 1.54) is 51.4 Å². The summed E-state index contributed by atoms with van der Waals surface area (Å²) in [5, 5.41) is 11.0. The van der Waals surface area contributed by atoms with Crippen LogP contribution in [0.2, 0.25) is 0 Å². The lowest BCUT2D eigenvalue weighted by atomic mass is 9.58. The van der Waals surface area contributed by atoms with Crippen molar-refractivity contribution in [1.82, 2.24) is 0 Å². The largest absolute Gasteiger partial charge is 0.465 e. The molecule has 0 aliphatic heterocycles. The zero-order valence-electron chi connectivity index (χ0n) is 21.3. The molecule has 1 N–H and O–H groups in total. The van der Waals surface area contributed by atoms with E-state index in [2.05, 4.69) is 48.5 Å². The molecular weight excluding hydrogens is 372 g/mol. The van der Waals surface area contributed by atoms with Crippen LogP contribution in [0.1, 0.15) is 126 Å². The van der Waals surface area contributed by atoms with Gasteiger partial charge in [-0.25, -0.2) is 0 Å². The second kappa shape index (κ2) is 13.1. The molecule has 30 heavy (non-hydrogen) atoms. The first-order chi connectivity index (χ1) is 14.0. The van der Waals surface area contributed by atoms with Crippen molar-refractivity contribution in [2.75, 3.05) is 6.61 Å². The highest BCUT2D eigenvalue weighted by atomic mass is 16.5. The van der Waals surface area contributed by atoms with Gasteiger partial charge in [0, 0.05) is 0 Å². The number of carbonyl (C=O) groups is 1. The van der Waals surface area contributed by atoms with Gasteiger partial charge in [0.2, 0.25) is 0 Å². The summed E-state index contributed by atoms with van der Waals surface area (Å²) in [7, 11) is 0. The number of ether oxygens (including phenoxy) is 1. The Kier molecular flexibility index (Phi) is 12.0. The molecule has 3 heteroatoms. The lowest BCUT2D eigenvalue weighted by molar-refractivity contribution is -0.157. The van der Waals surface area contributed by atoms with E-state index in [4.69, 9.17) is 4.74 Å². The normalized spacial score (nSPS) is 25.3. The van der Waals surface area contributed by atoms with E-state index < -0.39 is 0 Å². The van der Waals surface area contributed by atoms with Crippen molar-refractivity contribution in [2.24, 2.45) is 28.6 Å². The topological polar surface area (TPSA) is 46.5 Å². The molecule has 1 aliphatic carbocycles. The minimum Gasteiger partial charge on any atom is -0.465 e. The average Bonchev–Trinajstić information content (AvgIpc) is 2.64. The van der Waals surface area contributed by atoms with Gasteiger partial charge in [0.15, 0.2) is 0 Å². The van der Waals surface area contributed by atoms with Gasteiger partial charge in [-0.1, -0.05) is 106 Å². The van der Waals surface area contributed by atoms with Gasteiger partial charge in [-0.15, -0.1) is 0 Å². The maximum absolute atomic E-state index is 12.8. The first-order valence-electron chi connectivity index (χ1n) is 12.8. The fourth-order valence-electron chi connectivity index (χ4n) is 5.07. The maximum Gasteiger partial charge on any atom is 0.308 e. The minimum absolute atomic E-state index is 0.0155. The van der Waals surface area contributed by atoms with Crippen LogP contribution in [-0.4, -0.2) is 23.8 Å². The Hall–Kier alpha value is -0.570. The smallest absolute Gasteiger partial charge is 0.308 e. The van der Waals surface area contributed by atoms with Crippen LogP contribution in [-0.2, 0) is 9.53 Å². The zero-order chi connectivity index (χ0) is 22.8. The SMILES string of the molecule is CCCCCCCCCCCCOC(=O)C1CC(C(C)(C)C)C(O)C(C(C)(C)C)C1. The molecule has 3 nitrogen and oxygen atoms in total. The first-order valence-corrected chi connectivity index (χ1v) is 12.8. The molecule has 0 heterocycles. The molecule has 1 aliphatic rings. The van der Waals surface area contributed by atoms with E-state index in [-0.39, 0.29) is 40.7 Å². The summed E-state index contributed by atoms with van der Waals surface area (Å²) in [5.41, 5.74) is -0.0309. The third-order valence-electron chi connectivity index (χ3n) is 7.20. The number of aliphatic hydroxyl groups is 1. The molecular formula is C27H52O3. The lowest BCUT2D eigenvalue weighted by Crippen LogP contribution is -2.49. The standard InChI is InChI=1S/C27H52O3/c1-8-9-10-11-12-13-14-15-16-17-18-30-25(29)21-19-22(26(2,3)4)24(28)23(20-21)27(5,6)7/h21-24,28H,8-20H2,1-7H3. The minimum atomic E-state index is -0.351. The number of hydrogen-bond acceptors (Lipinski definition) is 3. The summed E-state index contributed by atoms with van der Waals surface area (Å²) in [6.07, 6.45) is 14.0. The molecule has 2 atom stereocenters. The number of aliphatic hydroxyl groups excluding tert-OH is 1. The van der Waals surface area contributed by atoms with Crippen LogP contribution < -0.4 is 0 Å². The van der Waals surface area contributed by atoms with Crippen molar-refractivity contribution in [3.8, 4) is 0 Å². The van der Waals surface area contributed by atoms with E-state index >= 15 is 0 Å². The quantitative estimate of drug-likeness (QED) is 0.260. The van der Waals surface area contributed by atoms with Crippen LogP contribution >= 0.6 is 0 Å². The molecule has 1 saturated carbocycles. The Morgan fingerprint density at radius 3 is 1.57 bits per heavy atom.